The maximum atomic E-state index is 12.7. The van der Waals surface area contributed by atoms with E-state index < -0.39 is 0 Å². The number of benzene rings is 1. The van der Waals surface area contributed by atoms with Crippen LogP contribution in [0.25, 0.3) is 0 Å². The van der Waals surface area contributed by atoms with Crippen LogP contribution in [0, 0.1) is 5.41 Å². The third-order valence-electron chi connectivity index (χ3n) is 4.42. The summed E-state index contributed by atoms with van der Waals surface area (Å²) in [5, 5.41) is 8.40. The Hall–Kier alpha value is -1.95. The van der Waals surface area contributed by atoms with Gasteiger partial charge in [0, 0.05) is 19.8 Å². The summed E-state index contributed by atoms with van der Waals surface area (Å²) < 4.78 is 0. The van der Waals surface area contributed by atoms with E-state index in [0.29, 0.717) is 11.4 Å². The number of ketones is 1. The molecule has 5 nitrogen and oxygen atoms in total. The minimum atomic E-state index is -0.143. The molecule has 0 unspecified atom stereocenters. The van der Waals surface area contributed by atoms with Crippen LogP contribution in [0.1, 0.15) is 0 Å². The smallest absolute Gasteiger partial charge is 0.193 e. The van der Waals surface area contributed by atoms with Crippen molar-refractivity contribution in [3.05, 3.63) is 35.7 Å². The molecule has 4 rings (SSSR count). The van der Waals surface area contributed by atoms with Gasteiger partial charge in [-0.2, -0.15) is 0 Å². The van der Waals surface area contributed by atoms with E-state index in [1.807, 2.05) is 53.1 Å². The van der Waals surface area contributed by atoms with Gasteiger partial charge in [-0.3, -0.25) is 10.2 Å². The van der Waals surface area contributed by atoms with E-state index in [1.165, 1.54) is 0 Å². The van der Waals surface area contributed by atoms with Gasteiger partial charge in [0.2, 0.25) is 0 Å². The van der Waals surface area contributed by atoms with E-state index in [1.54, 1.807) is 11.8 Å². The van der Waals surface area contributed by atoms with Crippen molar-refractivity contribution in [2.24, 2.45) is 0 Å². The number of Topliss-reactive ketones (excluding diaryl/α,β-unsaturated/α-hetero) is 1. The number of para-hydroxylation sites is 2. The first-order chi connectivity index (χ1) is 10.1. The largest absolute Gasteiger partial charge is 0.336 e. The SMILES string of the molecule is CN1C(=C2C(=N)N3CSC[C@H]3C2=O)N(C)c2ccccc21. The van der Waals surface area contributed by atoms with Crippen molar-refractivity contribution in [3.63, 3.8) is 0 Å². The lowest BCUT2D eigenvalue weighted by atomic mass is 10.1. The van der Waals surface area contributed by atoms with Gasteiger partial charge in [0.25, 0.3) is 0 Å². The summed E-state index contributed by atoms with van der Waals surface area (Å²) in [5.41, 5.74) is 2.70. The number of fused-ring (bicyclic) bond motifs is 2. The van der Waals surface area contributed by atoms with Gasteiger partial charge in [-0.05, 0) is 12.1 Å². The molecule has 0 aliphatic carbocycles. The fraction of sp³-hybridized carbons (Fsp3) is 0.333. The molecule has 6 heteroatoms. The third-order valence-corrected chi connectivity index (χ3v) is 5.43. The van der Waals surface area contributed by atoms with E-state index in [2.05, 4.69) is 0 Å². The number of anilines is 2. The average Bonchev–Trinajstić information content (AvgIpc) is 3.12. The first-order valence-electron chi connectivity index (χ1n) is 6.89. The van der Waals surface area contributed by atoms with Crippen molar-refractivity contribution in [2.75, 3.05) is 35.5 Å². The second-order valence-electron chi connectivity index (χ2n) is 5.50. The van der Waals surface area contributed by atoms with Crippen LogP contribution < -0.4 is 9.80 Å². The van der Waals surface area contributed by atoms with Gasteiger partial charge < -0.3 is 14.7 Å². The maximum absolute atomic E-state index is 12.7. The second-order valence-corrected chi connectivity index (χ2v) is 6.50. The van der Waals surface area contributed by atoms with Crippen molar-refractivity contribution in [1.82, 2.24) is 4.90 Å². The normalized spacial score (nSPS) is 24.3. The molecule has 3 aliphatic heterocycles. The van der Waals surface area contributed by atoms with E-state index in [9.17, 15) is 4.79 Å². The zero-order valence-corrected chi connectivity index (χ0v) is 12.8. The highest BCUT2D eigenvalue weighted by molar-refractivity contribution is 7.99. The summed E-state index contributed by atoms with van der Waals surface area (Å²) in [6.07, 6.45) is 0. The Bertz CT molecular complexity index is 644. The molecule has 0 amide bonds. The first kappa shape index (κ1) is 12.8. The number of nitrogens with one attached hydrogen (secondary N) is 1. The van der Waals surface area contributed by atoms with Gasteiger partial charge in [0.05, 0.1) is 17.3 Å². The molecule has 1 atom stereocenters. The lowest BCUT2D eigenvalue weighted by Gasteiger charge is -2.21. The Morgan fingerprint density at radius 1 is 1.19 bits per heavy atom. The standard InChI is InChI=1S/C15H16N4OS/c1-17-9-5-3-4-6-10(9)18(2)15(17)12-13(20)11-7-21-8-19(11)14(12)16/h3-6,11,16H,7-8H2,1-2H3/t11-/m0/s1. The topological polar surface area (TPSA) is 50.6 Å². The summed E-state index contributed by atoms with van der Waals surface area (Å²) in [4.78, 5) is 18.7. The van der Waals surface area contributed by atoms with Crippen molar-refractivity contribution in [2.45, 2.75) is 6.04 Å². The molecule has 2 saturated heterocycles. The Balaban J connectivity index is 1.87. The minimum absolute atomic E-state index is 0.0894. The Kier molecular flexibility index (Phi) is 2.60. The minimum Gasteiger partial charge on any atom is -0.336 e. The number of amidine groups is 1. The number of carbonyl (C=O) groups excluding carboxylic acids is 1. The zero-order chi connectivity index (χ0) is 14.7. The Morgan fingerprint density at radius 2 is 1.81 bits per heavy atom. The molecule has 0 aromatic heterocycles. The van der Waals surface area contributed by atoms with Gasteiger partial charge in [0.1, 0.15) is 23.3 Å². The summed E-state index contributed by atoms with van der Waals surface area (Å²) >= 11 is 1.72. The summed E-state index contributed by atoms with van der Waals surface area (Å²) in [6.45, 7) is 0. The quantitative estimate of drug-likeness (QED) is 0.739. The molecular formula is C15H16N4OS. The van der Waals surface area contributed by atoms with Crippen LogP contribution in [-0.4, -0.2) is 48.3 Å². The van der Waals surface area contributed by atoms with Gasteiger partial charge in [-0.1, -0.05) is 12.1 Å². The molecule has 0 saturated carbocycles. The summed E-state index contributed by atoms with van der Waals surface area (Å²) in [7, 11) is 3.92. The third kappa shape index (κ3) is 1.53. The fourth-order valence-electron chi connectivity index (χ4n) is 3.34. The van der Waals surface area contributed by atoms with E-state index in [4.69, 9.17) is 5.41 Å². The van der Waals surface area contributed by atoms with Crippen LogP contribution in [0.4, 0.5) is 11.4 Å². The van der Waals surface area contributed by atoms with E-state index >= 15 is 0 Å². The molecule has 3 aliphatic rings. The highest BCUT2D eigenvalue weighted by Crippen LogP contribution is 2.43. The van der Waals surface area contributed by atoms with Gasteiger partial charge in [-0.15, -0.1) is 11.8 Å². The lowest BCUT2D eigenvalue weighted by molar-refractivity contribution is -0.116. The highest BCUT2D eigenvalue weighted by Gasteiger charge is 2.47. The van der Waals surface area contributed by atoms with Crippen molar-refractivity contribution >= 4 is 34.8 Å². The number of thioether (sulfide) groups is 1. The van der Waals surface area contributed by atoms with Crippen molar-refractivity contribution < 1.29 is 4.79 Å². The predicted molar refractivity (Wildman–Crippen MR) is 86.0 cm³/mol. The monoisotopic (exact) mass is 300 g/mol. The molecular weight excluding hydrogens is 284 g/mol. The van der Waals surface area contributed by atoms with Crippen LogP contribution in [-0.2, 0) is 4.79 Å². The average molecular weight is 300 g/mol. The first-order valence-corrected chi connectivity index (χ1v) is 8.05. The van der Waals surface area contributed by atoms with Crippen molar-refractivity contribution in [1.29, 1.82) is 5.41 Å². The number of hydrogen-bond acceptors (Lipinski definition) is 5. The van der Waals surface area contributed by atoms with Crippen molar-refractivity contribution in [3.8, 4) is 0 Å². The molecule has 2 fully saturated rings. The molecule has 108 valence electrons. The molecule has 0 bridgehead atoms. The van der Waals surface area contributed by atoms with Crippen LogP contribution >= 0.6 is 11.8 Å². The molecule has 3 heterocycles. The summed E-state index contributed by atoms with van der Waals surface area (Å²) in [5.74, 6) is 2.82. The highest BCUT2D eigenvalue weighted by atomic mass is 32.2. The molecule has 21 heavy (non-hydrogen) atoms. The van der Waals surface area contributed by atoms with Crippen LogP contribution in [0.15, 0.2) is 35.7 Å². The lowest BCUT2D eigenvalue weighted by Crippen LogP contribution is -2.30. The molecule has 1 aromatic carbocycles. The zero-order valence-electron chi connectivity index (χ0n) is 12.0. The molecule has 0 radical (unpaired) electrons. The predicted octanol–water partition coefficient (Wildman–Crippen LogP) is 1.72. The van der Waals surface area contributed by atoms with Crippen LogP contribution in [0.2, 0.25) is 0 Å². The number of carbonyl (C=O) groups is 1. The van der Waals surface area contributed by atoms with Crippen LogP contribution in [0.5, 0.6) is 0 Å². The number of rotatable bonds is 0. The number of hydrogen-bond donors (Lipinski definition) is 1. The Morgan fingerprint density at radius 3 is 2.38 bits per heavy atom. The number of nitrogens with zero attached hydrogens (tertiary/aromatic N) is 3. The van der Waals surface area contributed by atoms with Gasteiger partial charge in [-0.25, -0.2) is 0 Å². The summed E-state index contributed by atoms with van der Waals surface area (Å²) in [6, 6.07) is 7.93. The second kappa shape index (κ2) is 4.27. The maximum Gasteiger partial charge on any atom is 0.193 e. The van der Waals surface area contributed by atoms with Gasteiger partial charge in [0.15, 0.2) is 5.78 Å². The van der Waals surface area contributed by atoms with Crippen LogP contribution in [0.3, 0.4) is 0 Å². The molecule has 1 N–H and O–H groups in total. The van der Waals surface area contributed by atoms with E-state index in [0.717, 1.165) is 28.8 Å². The fourth-order valence-corrected chi connectivity index (χ4v) is 4.51. The molecule has 0 spiro atoms. The Labute approximate surface area is 127 Å². The molecule has 1 aromatic rings. The van der Waals surface area contributed by atoms with E-state index in [-0.39, 0.29) is 11.8 Å². The van der Waals surface area contributed by atoms with Gasteiger partial charge >= 0.3 is 0 Å².